The second-order valence-corrected chi connectivity index (χ2v) is 15.6. The highest BCUT2D eigenvalue weighted by atomic mass is 17.2. The van der Waals surface area contributed by atoms with Crippen molar-refractivity contribution in [1.82, 2.24) is 0 Å². The fourth-order valence-electron chi connectivity index (χ4n) is 6.95. The summed E-state index contributed by atoms with van der Waals surface area (Å²) < 4.78 is 52.6. The van der Waals surface area contributed by atoms with Gasteiger partial charge in [-0.1, -0.05) is 70.4 Å². The Morgan fingerprint density at radius 3 is 1.32 bits per heavy atom. The minimum absolute atomic E-state index is 0.0693. The Balaban J connectivity index is 1.50. The molecule has 4 aromatic carbocycles. The van der Waals surface area contributed by atoms with E-state index in [0.29, 0.717) is 54.3 Å². The Morgan fingerprint density at radius 1 is 0.538 bits per heavy atom. The summed E-state index contributed by atoms with van der Waals surface area (Å²) in [4.78, 5) is 53.4. The van der Waals surface area contributed by atoms with Gasteiger partial charge in [-0.3, -0.25) is 0 Å². The number of benzene rings is 4. The molecule has 65 heavy (non-hydrogen) atoms. The number of carbonyl (C=O) groups is 3. The third-order valence-electron chi connectivity index (χ3n) is 10.6. The lowest BCUT2D eigenvalue weighted by Crippen LogP contribution is -2.58. The van der Waals surface area contributed by atoms with Crippen LogP contribution in [0.15, 0.2) is 84.9 Å². The van der Waals surface area contributed by atoms with Crippen LogP contribution in [-0.2, 0) is 30.6 Å². The third kappa shape index (κ3) is 14.5. The summed E-state index contributed by atoms with van der Waals surface area (Å²) in [5.41, 5.74) is -0.793. The van der Waals surface area contributed by atoms with Crippen molar-refractivity contribution in [1.29, 1.82) is 0 Å². The molecule has 2 unspecified atom stereocenters. The number of hydrogen-bond donors (Lipinski definition) is 1. The zero-order valence-electron chi connectivity index (χ0n) is 38.2. The first-order valence-electron chi connectivity index (χ1n) is 22.1. The van der Waals surface area contributed by atoms with Gasteiger partial charge in [0.1, 0.15) is 25.4 Å². The molecule has 1 aliphatic carbocycles. The highest BCUT2D eigenvalue weighted by Gasteiger charge is 2.51. The van der Waals surface area contributed by atoms with Gasteiger partial charge in [0.05, 0.1) is 63.4 Å². The van der Waals surface area contributed by atoms with Crippen molar-refractivity contribution in [3.63, 3.8) is 0 Å². The molecule has 1 fully saturated rings. The van der Waals surface area contributed by atoms with E-state index in [0.717, 1.165) is 44.1 Å². The van der Waals surface area contributed by atoms with Crippen LogP contribution in [-0.4, -0.2) is 94.7 Å². The second-order valence-electron chi connectivity index (χ2n) is 15.6. The highest BCUT2D eigenvalue weighted by molar-refractivity contribution is 5.92. The molecular weight excluding hydrogens is 841 g/mol. The lowest BCUT2D eigenvalue weighted by molar-refractivity contribution is -0.332. The van der Waals surface area contributed by atoms with Crippen molar-refractivity contribution in [2.45, 2.75) is 103 Å². The molecular formula is C50H62O15. The van der Waals surface area contributed by atoms with Crippen LogP contribution in [0.25, 0.3) is 0 Å². The smallest absolute Gasteiger partial charge is 0.338 e. The van der Waals surface area contributed by atoms with Crippen LogP contribution in [0.3, 0.4) is 0 Å². The number of carbonyl (C=O) groups excluding carboxylic acids is 3. The van der Waals surface area contributed by atoms with Gasteiger partial charge in [-0.25, -0.2) is 24.2 Å². The van der Waals surface area contributed by atoms with Gasteiger partial charge in [0.2, 0.25) is 0 Å². The van der Waals surface area contributed by atoms with E-state index in [4.69, 9.17) is 52.4 Å². The number of ether oxygens (including phenoxy) is 9. The van der Waals surface area contributed by atoms with E-state index in [2.05, 4.69) is 0 Å². The van der Waals surface area contributed by atoms with Gasteiger partial charge < -0.3 is 47.7 Å². The Labute approximate surface area is 381 Å². The lowest BCUT2D eigenvalue weighted by Gasteiger charge is -2.43. The molecule has 0 saturated heterocycles. The number of esters is 3. The van der Waals surface area contributed by atoms with E-state index in [-0.39, 0.29) is 36.1 Å². The SMILES string of the molecule is CCCCOc1ccc(C(=O)OC2CC(O)(COOCc3ccccc3)CC(OC(=O)c3ccc(OCCCC)c(OC)c3)C2OC(=O)c2ccc(OCCCC)c(OC)c2)cc1OC. The van der Waals surface area contributed by atoms with Gasteiger partial charge in [-0.05, 0) is 79.4 Å². The molecule has 0 spiro atoms. The Kier molecular flexibility index (Phi) is 19.6. The van der Waals surface area contributed by atoms with Crippen molar-refractivity contribution < 1.29 is 71.9 Å². The maximum Gasteiger partial charge on any atom is 0.338 e. The average Bonchev–Trinajstić information content (AvgIpc) is 3.32. The summed E-state index contributed by atoms with van der Waals surface area (Å²) >= 11 is 0. The van der Waals surface area contributed by atoms with E-state index in [1.54, 1.807) is 18.2 Å². The van der Waals surface area contributed by atoms with Crippen molar-refractivity contribution in [2.75, 3.05) is 47.8 Å². The molecule has 5 rings (SSSR count). The van der Waals surface area contributed by atoms with Crippen LogP contribution in [0.4, 0.5) is 0 Å². The fraction of sp³-hybridized carbons (Fsp3) is 0.460. The van der Waals surface area contributed by atoms with Crippen LogP contribution < -0.4 is 28.4 Å². The number of aliphatic hydroxyl groups is 1. The molecule has 0 aromatic heterocycles. The van der Waals surface area contributed by atoms with Crippen LogP contribution in [0, 0.1) is 0 Å². The zero-order chi connectivity index (χ0) is 46.6. The topological polar surface area (TPSA) is 173 Å². The van der Waals surface area contributed by atoms with E-state index in [9.17, 15) is 19.5 Å². The van der Waals surface area contributed by atoms with E-state index in [1.165, 1.54) is 57.7 Å². The molecule has 0 heterocycles. The summed E-state index contributed by atoms with van der Waals surface area (Å²) in [6, 6.07) is 23.0. The Morgan fingerprint density at radius 2 is 0.938 bits per heavy atom. The number of rotatable bonds is 26. The van der Waals surface area contributed by atoms with Gasteiger partial charge in [-0.15, -0.1) is 0 Å². The van der Waals surface area contributed by atoms with E-state index in [1.807, 2.05) is 51.1 Å². The molecule has 0 aliphatic heterocycles. The van der Waals surface area contributed by atoms with Crippen molar-refractivity contribution >= 4 is 17.9 Å². The standard InChI is InChI=1S/C50H62O15/c1-7-10-24-58-38-21-18-35(27-41(38)55-4)47(51)63-44-30-50(54,33-62-61-32-34-16-14-13-15-17-34)31-45(64-48(52)36-19-22-39(42(28-36)56-5)59-25-11-8-2)46(44)65-49(53)37-20-23-40(43(29-37)57-6)60-26-12-9-3/h13-23,27-29,44-46,54H,7-12,24-26,30-33H2,1-6H3. The predicted molar refractivity (Wildman–Crippen MR) is 239 cm³/mol. The molecule has 0 radical (unpaired) electrons. The molecule has 1 aliphatic rings. The van der Waals surface area contributed by atoms with Gasteiger partial charge in [0, 0.05) is 12.8 Å². The van der Waals surface area contributed by atoms with Crippen molar-refractivity contribution in [3.05, 3.63) is 107 Å². The summed E-state index contributed by atoms with van der Waals surface area (Å²) in [7, 11) is 4.36. The first kappa shape index (κ1) is 50.0. The summed E-state index contributed by atoms with van der Waals surface area (Å²) in [6.07, 6.45) is 0.320. The molecule has 0 amide bonds. The summed E-state index contributed by atoms with van der Waals surface area (Å²) in [5, 5.41) is 12.2. The summed E-state index contributed by atoms with van der Waals surface area (Å²) in [6.45, 7) is 7.11. The first-order valence-corrected chi connectivity index (χ1v) is 22.1. The first-order chi connectivity index (χ1) is 31.5. The number of methoxy groups -OCH3 is 3. The largest absolute Gasteiger partial charge is 0.493 e. The minimum atomic E-state index is -1.85. The van der Waals surface area contributed by atoms with Crippen molar-refractivity contribution in [2.24, 2.45) is 0 Å². The van der Waals surface area contributed by atoms with Gasteiger partial charge in [0.15, 0.2) is 40.6 Å². The highest BCUT2D eigenvalue weighted by Crippen LogP contribution is 2.38. The number of hydrogen-bond acceptors (Lipinski definition) is 15. The maximum absolute atomic E-state index is 14.2. The van der Waals surface area contributed by atoms with E-state index < -0.39 is 48.4 Å². The van der Waals surface area contributed by atoms with Crippen LogP contribution in [0.2, 0.25) is 0 Å². The molecule has 15 nitrogen and oxygen atoms in total. The Bertz CT molecular complexity index is 2040. The van der Waals surface area contributed by atoms with Crippen LogP contribution in [0.1, 0.15) is 109 Å². The summed E-state index contributed by atoms with van der Waals surface area (Å²) in [5.74, 6) is -0.357. The average molecular weight is 903 g/mol. The van der Waals surface area contributed by atoms with Gasteiger partial charge in [0.25, 0.3) is 0 Å². The minimum Gasteiger partial charge on any atom is -0.493 e. The van der Waals surface area contributed by atoms with E-state index >= 15 is 0 Å². The molecule has 1 N–H and O–H groups in total. The molecule has 2 atom stereocenters. The predicted octanol–water partition coefficient (Wildman–Crippen LogP) is 8.90. The van der Waals surface area contributed by atoms with Crippen LogP contribution >= 0.6 is 0 Å². The van der Waals surface area contributed by atoms with Crippen LogP contribution in [0.5, 0.6) is 34.5 Å². The molecule has 15 heteroatoms. The number of unbranched alkanes of at least 4 members (excludes halogenated alkanes) is 3. The molecule has 352 valence electrons. The quantitative estimate of drug-likeness (QED) is 0.0208. The molecule has 1 saturated carbocycles. The maximum atomic E-state index is 14.2. The monoisotopic (exact) mass is 902 g/mol. The normalized spacial score (nSPS) is 17.9. The Hall–Kier alpha value is -6.03. The third-order valence-corrected chi connectivity index (χ3v) is 10.6. The van der Waals surface area contributed by atoms with Gasteiger partial charge in [-0.2, -0.15) is 0 Å². The second kappa shape index (κ2) is 25.5. The van der Waals surface area contributed by atoms with Crippen molar-refractivity contribution in [3.8, 4) is 34.5 Å². The molecule has 0 bridgehead atoms. The fourth-order valence-corrected chi connectivity index (χ4v) is 6.95. The van der Waals surface area contributed by atoms with Gasteiger partial charge >= 0.3 is 17.9 Å². The zero-order valence-corrected chi connectivity index (χ0v) is 38.2. The lowest BCUT2D eigenvalue weighted by atomic mass is 9.79. The molecule has 4 aromatic rings.